The van der Waals surface area contributed by atoms with Gasteiger partial charge in [-0.2, -0.15) is 5.26 Å². The zero-order chi connectivity index (χ0) is 25.5. The van der Waals surface area contributed by atoms with E-state index >= 15 is 0 Å². The molecule has 2 aromatic heterocycles. The minimum Gasteiger partial charge on any atom is -0.497 e. The van der Waals surface area contributed by atoms with Gasteiger partial charge in [0.25, 0.3) is 0 Å². The summed E-state index contributed by atoms with van der Waals surface area (Å²) in [4.78, 5) is 18.3. The lowest BCUT2D eigenvalue weighted by Crippen LogP contribution is -2.47. The van der Waals surface area contributed by atoms with Crippen LogP contribution in [0.5, 0.6) is 5.75 Å². The number of benzene rings is 1. The molecule has 1 saturated carbocycles. The molecule has 2 heterocycles. The summed E-state index contributed by atoms with van der Waals surface area (Å²) in [6, 6.07) is 9.64. The number of carbonyl (C=O) groups is 1. The van der Waals surface area contributed by atoms with Crippen LogP contribution in [-0.4, -0.2) is 33.8 Å². The first-order valence-electron chi connectivity index (χ1n) is 12.4. The summed E-state index contributed by atoms with van der Waals surface area (Å²) in [6.07, 6.45) is 3.45. The molecule has 1 N–H and O–H groups in total. The molecule has 7 heteroatoms. The maximum absolute atomic E-state index is 13.7. The molecule has 1 aliphatic carbocycles. The Morgan fingerprint density at radius 2 is 1.91 bits per heavy atom. The summed E-state index contributed by atoms with van der Waals surface area (Å²) in [7, 11) is 1.62. The van der Waals surface area contributed by atoms with Crippen molar-refractivity contribution >= 4 is 11.6 Å². The van der Waals surface area contributed by atoms with Crippen LogP contribution < -0.4 is 4.74 Å². The van der Waals surface area contributed by atoms with Crippen molar-refractivity contribution < 1.29 is 14.3 Å². The maximum atomic E-state index is 13.7. The number of nitriles is 1. The van der Waals surface area contributed by atoms with Crippen molar-refractivity contribution in [3.8, 4) is 23.2 Å². The monoisotopic (exact) mass is 476 g/mol. The second-order valence-electron chi connectivity index (χ2n) is 11.4. The van der Waals surface area contributed by atoms with E-state index < -0.39 is 5.97 Å². The van der Waals surface area contributed by atoms with Crippen LogP contribution in [-0.2, 0) is 4.74 Å². The second kappa shape index (κ2) is 9.41. The average molecular weight is 477 g/mol. The van der Waals surface area contributed by atoms with Gasteiger partial charge in [-0.3, -0.25) is 5.10 Å². The predicted octanol–water partition coefficient (Wildman–Crippen LogP) is 6.10. The number of ether oxygens (including phenoxy) is 2. The summed E-state index contributed by atoms with van der Waals surface area (Å²) in [5, 5.41) is 12.9. The molecule has 1 aliphatic rings. The molecule has 35 heavy (non-hydrogen) atoms. The first-order valence-corrected chi connectivity index (χ1v) is 12.4. The Morgan fingerprint density at radius 1 is 1.23 bits per heavy atom. The van der Waals surface area contributed by atoms with Crippen molar-refractivity contribution in [2.24, 2.45) is 29.1 Å². The number of H-pyrrole nitrogens is 1. The smallest absolute Gasteiger partial charge is 0.343 e. The van der Waals surface area contributed by atoms with Gasteiger partial charge in [0.05, 0.1) is 12.7 Å². The molecule has 7 nitrogen and oxygen atoms in total. The minimum absolute atomic E-state index is 0.00517. The van der Waals surface area contributed by atoms with Gasteiger partial charge in [0, 0.05) is 17.7 Å². The number of nitrogens with zero attached hydrogens (tertiary/aromatic N) is 3. The lowest BCUT2D eigenvalue weighted by molar-refractivity contribution is -0.0759. The standard InChI is InChI=1S/C28H36N4O3/c1-16(2)21-12-17(3)13-22(28(4,5)6)24(21)35-27(33)23-19(14-29)15-32-26(23)30-25(31-32)18-8-10-20(34-7)11-9-18/h8-11,15-17,21-22,24H,12-13H2,1-7H3,(H,30,31). The van der Waals surface area contributed by atoms with E-state index in [1.54, 1.807) is 17.8 Å². The number of rotatable bonds is 5. The van der Waals surface area contributed by atoms with Crippen molar-refractivity contribution in [2.75, 3.05) is 7.11 Å². The molecule has 3 aromatic rings. The molecular weight excluding hydrogens is 440 g/mol. The average Bonchev–Trinajstić information content (AvgIpc) is 3.36. The number of hydrogen-bond donors (Lipinski definition) is 1. The molecule has 4 atom stereocenters. The molecular formula is C28H36N4O3. The topological polar surface area (TPSA) is 92.4 Å². The minimum atomic E-state index is -0.476. The van der Waals surface area contributed by atoms with Gasteiger partial charge in [0.2, 0.25) is 0 Å². The van der Waals surface area contributed by atoms with Crippen LogP contribution in [0.25, 0.3) is 17.0 Å². The van der Waals surface area contributed by atoms with Crippen molar-refractivity contribution in [2.45, 2.75) is 60.5 Å². The molecule has 0 saturated heterocycles. The zero-order valence-corrected chi connectivity index (χ0v) is 21.8. The van der Waals surface area contributed by atoms with E-state index in [2.05, 4.69) is 57.7 Å². The van der Waals surface area contributed by atoms with Crippen LogP contribution in [0.15, 0.2) is 30.5 Å². The van der Waals surface area contributed by atoms with Crippen LogP contribution in [0.1, 0.15) is 70.3 Å². The van der Waals surface area contributed by atoms with Gasteiger partial charge >= 0.3 is 5.97 Å². The van der Waals surface area contributed by atoms with Crippen LogP contribution in [0.3, 0.4) is 0 Å². The SMILES string of the molecule is COc1ccc(-c2nc3c(C(=O)OC4C(C(C)C)CC(C)CC4C(C)(C)C)c(C#N)cn3[nH]2)cc1. The predicted molar refractivity (Wildman–Crippen MR) is 135 cm³/mol. The van der Waals surface area contributed by atoms with Crippen LogP contribution in [0.4, 0.5) is 0 Å². The highest BCUT2D eigenvalue weighted by Gasteiger charge is 2.45. The van der Waals surface area contributed by atoms with E-state index in [0.29, 0.717) is 23.3 Å². The highest BCUT2D eigenvalue weighted by atomic mass is 16.5. The van der Waals surface area contributed by atoms with E-state index in [0.717, 1.165) is 24.2 Å². The molecule has 0 radical (unpaired) electrons. The number of aromatic nitrogens is 3. The Morgan fingerprint density at radius 3 is 2.49 bits per heavy atom. The van der Waals surface area contributed by atoms with Gasteiger partial charge in [-0.15, -0.1) is 0 Å². The Balaban J connectivity index is 1.71. The van der Waals surface area contributed by atoms with Crippen molar-refractivity contribution in [1.29, 1.82) is 5.26 Å². The van der Waals surface area contributed by atoms with E-state index in [1.165, 1.54) is 0 Å². The van der Waals surface area contributed by atoms with Gasteiger partial charge in [0.15, 0.2) is 11.5 Å². The molecule has 1 fully saturated rings. The quantitative estimate of drug-likeness (QED) is 0.449. The molecule has 186 valence electrons. The third kappa shape index (κ3) is 4.80. The van der Waals surface area contributed by atoms with Crippen LogP contribution in [0.2, 0.25) is 0 Å². The lowest BCUT2D eigenvalue weighted by atomic mass is 9.62. The molecule has 4 rings (SSSR count). The van der Waals surface area contributed by atoms with Crippen molar-refractivity contribution in [1.82, 2.24) is 14.6 Å². The van der Waals surface area contributed by atoms with Crippen molar-refractivity contribution in [3.05, 3.63) is 41.6 Å². The summed E-state index contributed by atoms with van der Waals surface area (Å²) in [5.41, 5.74) is 1.72. The highest BCUT2D eigenvalue weighted by molar-refractivity contribution is 5.99. The van der Waals surface area contributed by atoms with Crippen LogP contribution >= 0.6 is 0 Å². The van der Waals surface area contributed by atoms with Gasteiger partial charge < -0.3 is 9.47 Å². The molecule has 0 bridgehead atoms. The van der Waals surface area contributed by atoms with Gasteiger partial charge in [-0.05, 0) is 60.3 Å². The summed E-state index contributed by atoms with van der Waals surface area (Å²) < 4.78 is 13.2. The normalized spacial score (nSPS) is 22.8. The Labute approximate surface area is 207 Å². The fourth-order valence-electron chi connectivity index (χ4n) is 5.51. The third-order valence-corrected chi connectivity index (χ3v) is 7.47. The largest absolute Gasteiger partial charge is 0.497 e. The fraction of sp³-hybridized carbons (Fsp3) is 0.536. The molecule has 4 unspecified atom stereocenters. The first-order chi connectivity index (χ1) is 16.5. The molecule has 0 aliphatic heterocycles. The van der Waals surface area contributed by atoms with Gasteiger partial charge in [0.1, 0.15) is 23.5 Å². The number of carbonyl (C=O) groups excluding carboxylic acids is 1. The van der Waals surface area contributed by atoms with E-state index in [4.69, 9.17) is 9.47 Å². The molecule has 0 spiro atoms. The summed E-state index contributed by atoms with van der Waals surface area (Å²) >= 11 is 0. The number of hydrogen-bond acceptors (Lipinski definition) is 5. The maximum Gasteiger partial charge on any atom is 0.343 e. The number of fused-ring (bicyclic) bond motifs is 1. The number of methoxy groups -OCH3 is 1. The number of esters is 1. The molecule has 0 amide bonds. The van der Waals surface area contributed by atoms with Gasteiger partial charge in [-0.1, -0.05) is 41.5 Å². The Kier molecular flexibility index (Phi) is 6.68. The Bertz CT molecular complexity index is 1240. The van der Waals surface area contributed by atoms with Crippen molar-refractivity contribution in [3.63, 3.8) is 0 Å². The van der Waals surface area contributed by atoms with E-state index in [9.17, 15) is 10.1 Å². The van der Waals surface area contributed by atoms with E-state index in [-0.39, 0.29) is 34.5 Å². The zero-order valence-electron chi connectivity index (χ0n) is 21.8. The molecule has 1 aromatic carbocycles. The summed E-state index contributed by atoms with van der Waals surface area (Å²) in [6.45, 7) is 13.4. The summed E-state index contributed by atoms with van der Waals surface area (Å²) in [5.74, 6) is 2.34. The van der Waals surface area contributed by atoms with Gasteiger partial charge in [-0.25, -0.2) is 14.3 Å². The second-order valence-corrected chi connectivity index (χ2v) is 11.4. The Hall–Kier alpha value is -3.27. The fourth-order valence-corrected chi connectivity index (χ4v) is 5.51. The first kappa shape index (κ1) is 24.8. The third-order valence-electron chi connectivity index (χ3n) is 7.47. The highest BCUT2D eigenvalue weighted by Crippen LogP contribution is 2.46. The van der Waals surface area contributed by atoms with E-state index in [1.807, 2.05) is 24.3 Å². The number of aromatic amines is 1. The lowest BCUT2D eigenvalue weighted by Gasteiger charge is -2.47. The number of nitrogens with one attached hydrogen (secondary N) is 1. The van der Waals surface area contributed by atoms with Crippen LogP contribution in [0, 0.1) is 40.4 Å².